The number of esters is 1. The first kappa shape index (κ1) is 19.5. The fourth-order valence-corrected chi connectivity index (χ4v) is 5.48. The maximum Gasteiger partial charge on any atom is 0.346 e. The molecule has 4 heterocycles. The van der Waals surface area contributed by atoms with Gasteiger partial charge in [0.25, 0.3) is 5.56 Å². The van der Waals surface area contributed by atoms with Crippen molar-refractivity contribution in [2.75, 3.05) is 32.8 Å². The van der Waals surface area contributed by atoms with Crippen molar-refractivity contribution in [2.45, 2.75) is 38.7 Å². The lowest BCUT2D eigenvalue weighted by Gasteiger charge is -2.24. The molecule has 3 fully saturated rings. The van der Waals surface area contributed by atoms with Crippen LogP contribution in [0.2, 0.25) is 0 Å². The molecule has 3 saturated heterocycles. The summed E-state index contributed by atoms with van der Waals surface area (Å²) in [5.74, 6) is -0.482. The molecule has 3 aliphatic heterocycles. The molecule has 0 amide bonds. The molecule has 3 aliphatic rings. The SMILES string of the molecule is CC(=O)OC1CC(n2cc(C)c(=O)[nH]c2=O)OC1COP(=O)(N1CC1)N1CC1. The number of nitrogens with one attached hydrogen (secondary N) is 1. The lowest BCUT2D eigenvalue weighted by molar-refractivity contribution is -0.150. The highest BCUT2D eigenvalue weighted by Crippen LogP contribution is 2.61. The summed E-state index contributed by atoms with van der Waals surface area (Å²) in [6.45, 7) is 5.73. The molecule has 0 spiro atoms. The predicted molar refractivity (Wildman–Crippen MR) is 96.8 cm³/mol. The molecule has 0 saturated carbocycles. The number of H-pyrrole nitrogens is 1. The monoisotopic (exact) mass is 414 g/mol. The highest BCUT2D eigenvalue weighted by Gasteiger charge is 2.50. The first-order valence-corrected chi connectivity index (χ1v) is 10.7. The van der Waals surface area contributed by atoms with Crippen LogP contribution in [0.4, 0.5) is 0 Å². The maximum absolute atomic E-state index is 13.1. The second kappa shape index (κ2) is 7.23. The van der Waals surface area contributed by atoms with Gasteiger partial charge >= 0.3 is 19.3 Å². The van der Waals surface area contributed by atoms with E-state index in [1.54, 1.807) is 16.3 Å². The summed E-state index contributed by atoms with van der Waals surface area (Å²) >= 11 is 0. The third-order valence-electron chi connectivity index (χ3n) is 4.92. The summed E-state index contributed by atoms with van der Waals surface area (Å²) < 4.78 is 34.9. The smallest absolute Gasteiger partial charge is 0.346 e. The second-order valence-corrected chi connectivity index (χ2v) is 9.56. The molecule has 0 bridgehead atoms. The van der Waals surface area contributed by atoms with Crippen LogP contribution in [0.5, 0.6) is 0 Å². The molecule has 1 aromatic rings. The van der Waals surface area contributed by atoms with Crippen LogP contribution in [-0.2, 0) is 23.4 Å². The largest absolute Gasteiger partial charge is 0.460 e. The van der Waals surface area contributed by atoms with Crippen LogP contribution in [0.15, 0.2) is 15.8 Å². The van der Waals surface area contributed by atoms with Crippen LogP contribution in [-0.4, -0.2) is 69.9 Å². The van der Waals surface area contributed by atoms with Crippen molar-refractivity contribution >= 4 is 13.6 Å². The zero-order valence-electron chi connectivity index (χ0n) is 15.7. The molecule has 1 N–H and O–H groups in total. The van der Waals surface area contributed by atoms with Gasteiger partial charge in [-0.1, -0.05) is 0 Å². The van der Waals surface area contributed by atoms with E-state index in [1.165, 1.54) is 17.7 Å². The zero-order valence-corrected chi connectivity index (χ0v) is 16.6. The van der Waals surface area contributed by atoms with Crippen molar-refractivity contribution in [3.8, 4) is 0 Å². The number of carbonyl (C=O) groups excluding carboxylic acids is 1. The number of hydrogen-bond acceptors (Lipinski definition) is 7. The fourth-order valence-electron chi connectivity index (χ4n) is 3.27. The molecule has 3 atom stereocenters. The van der Waals surface area contributed by atoms with E-state index in [9.17, 15) is 18.9 Å². The van der Waals surface area contributed by atoms with Crippen molar-refractivity contribution in [1.29, 1.82) is 0 Å². The molecule has 154 valence electrons. The molecule has 3 unspecified atom stereocenters. The van der Waals surface area contributed by atoms with Crippen LogP contribution in [0, 0.1) is 6.92 Å². The average Bonchev–Trinajstić information content (AvgIpc) is 3.52. The Bertz CT molecular complexity index is 920. The van der Waals surface area contributed by atoms with Gasteiger partial charge in [0, 0.05) is 51.3 Å². The van der Waals surface area contributed by atoms with Crippen LogP contribution < -0.4 is 11.2 Å². The van der Waals surface area contributed by atoms with Gasteiger partial charge in [0.1, 0.15) is 18.4 Å². The van der Waals surface area contributed by atoms with Gasteiger partial charge in [0.15, 0.2) is 0 Å². The minimum absolute atomic E-state index is 0.0319. The first-order valence-electron chi connectivity index (χ1n) is 9.18. The molecular weight excluding hydrogens is 391 g/mol. The minimum atomic E-state index is -3.04. The van der Waals surface area contributed by atoms with Crippen LogP contribution in [0.3, 0.4) is 0 Å². The van der Waals surface area contributed by atoms with Crippen molar-refractivity contribution in [2.24, 2.45) is 0 Å². The molecule has 0 aliphatic carbocycles. The van der Waals surface area contributed by atoms with E-state index in [0.717, 1.165) is 26.2 Å². The van der Waals surface area contributed by atoms with E-state index in [0.29, 0.717) is 5.56 Å². The molecular formula is C16H23N4O7P. The number of aryl methyl sites for hydroxylation is 1. The number of nitrogens with zero attached hydrogens (tertiary/aromatic N) is 3. The molecule has 0 radical (unpaired) electrons. The van der Waals surface area contributed by atoms with Crippen molar-refractivity contribution in [1.82, 2.24) is 18.9 Å². The third kappa shape index (κ3) is 3.85. The van der Waals surface area contributed by atoms with Gasteiger partial charge < -0.3 is 14.0 Å². The fraction of sp³-hybridized carbons (Fsp3) is 0.688. The van der Waals surface area contributed by atoms with Crippen molar-refractivity contribution in [3.63, 3.8) is 0 Å². The summed E-state index contributed by atoms with van der Waals surface area (Å²) in [6, 6.07) is 0. The van der Waals surface area contributed by atoms with Gasteiger partial charge in [-0.15, -0.1) is 0 Å². The van der Waals surface area contributed by atoms with Gasteiger partial charge in [-0.2, -0.15) is 0 Å². The third-order valence-corrected chi connectivity index (χ3v) is 7.64. The molecule has 28 heavy (non-hydrogen) atoms. The Kier molecular flexibility index (Phi) is 5.05. The number of aromatic amines is 1. The summed E-state index contributed by atoms with van der Waals surface area (Å²) in [7, 11) is -3.04. The molecule has 4 rings (SSSR count). The molecule has 1 aromatic heterocycles. The van der Waals surface area contributed by atoms with E-state index in [-0.39, 0.29) is 13.0 Å². The summed E-state index contributed by atoms with van der Waals surface area (Å²) in [5.41, 5.74) is -0.712. The van der Waals surface area contributed by atoms with Crippen molar-refractivity contribution in [3.05, 3.63) is 32.6 Å². The summed E-state index contributed by atoms with van der Waals surface area (Å²) in [4.78, 5) is 37.5. The van der Waals surface area contributed by atoms with E-state index in [4.69, 9.17) is 14.0 Å². The van der Waals surface area contributed by atoms with Crippen LogP contribution in [0.25, 0.3) is 0 Å². The van der Waals surface area contributed by atoms with Gasteiger partial charge in [0.2, 0.25) is 0 Å². The number of carbonyl (C=O) groups is 1. The molecule has 0 aromatic carbocycles. The minimum Gasteiger partial charge on any atom is -0.460 e. The normalized spacial score (nSPS) is 27.7. The van der Waals surface area contributed by atoms with Gasteiger partial charge in [0.05, 0.1) is 6.61 Å². The quantitative estimate of drug-likeness (QED) is 0.368. The number of rotatable bonds is 7. The Hall–Kier alpha value is -1.78. The number of aromatic nitrogens is 2. The van der Waals surface area contributed by atoms with E-state index in [2.05, 4.69) is 4.98 Å². The van der Waals surface area contributed by atoms with E-state index in [1.807, 2.05) is 0 Å². The Morgan fingerprint density at radius 1 is 1.29 bits per heavy atom. The highest BCUT2D eigenvalue weighted by molar-refractivity contribution is 7.54. The van der Waals surface area contributed by atoms with Crippen molar-refractivity contribution < 1.29 is 23.4 Å². The predicted octanol–water partition coefficient (Wildman–Crippen LogP) is -0.180. The van der Waals surface area contributed by atoms with Crippen LogP contribution in [0.1, 0.15) is 25.1 Å². The van der Waals surface area contributed by atoms with Gasteiger partial charge in [-0.25, -0.2) is 14.1 Å². The Balaban J connectivity index is 1.51. The second-order valence-electron chi connectivity index (χ2n) is 7.19. The Morgan fingerprint density at radius 2 is 1.93 bits per heavy atom. The number of ether oxygens (including phenoxy) is 2. The van der Waals surface area contributed by atoms with E-state index < -0.39 is 43.3 Å². The molecule has 12 heteroatoms. The Labute approximate surface area is 160 Å². The van der Waals surface area contributed by atoms with Gasteiger partial charge in [-0.05, 0) is 6.92 Å². The lowest BCUT2D eigenvalue weighted by atomic mass is 10.2. The Morgan fingerprint density at radius 3 is 2.50 bits per heavy atom. The van der Waals surface area contributed by atoms with E-state index >= 15 is 0 Å². The highest BCUT2D eigenvalue weighted by atomic mass is 31.2. The van der Waals surface area contributed by atoms with Crippen LogP contribution >= 0.6 is 7.67 Å². The standard InChI is InChI=1S/C16H23N4O7P/c1-10-8-20(16(23)17-15(10)22)14-7-12(26-11(2)21)13(27-14)9-25-28(24,18-3-4-18)19-5-6-19/h8,12-14H,3-7,9H2,1-2H3,(H,17,22,23). The lowest BCUT2D eigenvalue weighted by Crippen LogP contribution is -2.33. The summed E-state index contributed by atoms with van der Waals surface area (Å²) in [5, 5.41) is 0. The summed E-state index contributed by atoms with van der Waals surface area (Å²) in [6.07, 6.45) is -0.435. The topological polar surface area (TPSA) is 123 Å². The number of hydrogen-bond donors (Lipinski definition) is 1. The average molecular weight is 414 g/mol. The zero-order chi connectivity index (χ0) is 20.1. The molecule has 11 nitrogen and oxygen atoms in total. The maximum atomic E-state index is 13.1. The van der Waals surface area contributed by atoms with Gasteiger partial charge in [-0.3, -0.25) is 23.7 Å². The first-order chi connectivity index (χ1) is 13.3.